The molecule has 2 aliphatic rings. The maximum Gasteiger partial charge on any atom is 0.272 e. The van der Waals surface area contributed by atoms with E-state index in [0.717, 1.165) is 49.4 Å². The van der Waals surface area contributed by atoms with E-state index in [1.807, 2.05) is 12.1 Å². The Morgan fingerprint density at radius 3 is 2.77 bits per heavy atom. The molecule has 1 aliphatic heterocycles. The molecule has 0 spiro atoms. The second-order valence-electron chi connectivity index (χ2n) is 7.43. The van der Waals surface area contributed by atoms with Crippen LogP contribution >= 0.6 is 0 Å². The van der Waals surface area contributed by atoms with E-state index in [4.69, 9.17) is 4.42 Å². The SMILES string of the molecule is O=C(NCC(c1ccco1)N1CCCCCC1)c1n[nH]c2c1CCCC2. The molecule has 1 saturated heterocycles. The molecule has 26 heavy (non-hydrogen) atoms. The molecule has 0 radical (unpaired) electrons. The fourth-order valence-corrected chi connectivity index (χ4v) is 4.24. The van der Waals surface area contributed by atoms with Crippen LogP contribution in [0.2, 0.25) is 0 Å². The molecule has 1 fully saturated rings. The molecule has 0 saturated carbocycles. The lowest BCUT2D eigenvalue weighted by Gasteiger charge is -2.29. The molecule has 3 heterocycles. The normalized spacial score (nSPS) is 19.5. The van der Waals surface area contributed by atoms with Crippen molar-refractivity contribution in [3.63, 3.8) is 0 Å². The van der Waals surface area contributed by atoms with Gasteiger partial charge in [-0.1, -0.05) is 12.8 Å². The van der Waals surface area contributed by atoms with Crippen LogP contribution in [0, 0.1) is 0 Å². The second kappa shape index (κ2) is 8.08. The quantitative estimate of drug-likeness (QED) is 0.862. The zero-order chi connectivity index (χ0) is 17.8. The van der Waals surface area contributed by atoms with Crippen molar-refractivity contribution in [1.29, 1.82) is 0 Å². The Balaban J connectivity index is 1.46. The van der Waals surface area contributed by atoms with Crippen molar-refractivity contribution in [2.24, 2.45) is 0 Å². The molecule has 1 aliphatic carbocycles. The van der Waals surface area contributed by atoms with Gasteiger partial charge in [-0.05, 0) is 63.7 Å². The molecular weight excluding hydrogens is 328 g/mol. The van der Waals surface area contributed by atoms with E-state index in [0.29, 0.717) is 12.2 Å². The molecule has 6 heteroatoms. The fourth-order valence-electron chi connectivity index (χ4n) is 4.24. The highest BCUT2D eigenvalue weighted by Crippen LogP contribution is 2.25. The van der Waals surface area contributed by atoms with E-state index in [1.54, 1.807) is 6.26 Å². The number of carbonyl (C=O) groups excluding carboxylic acids is 1. The Kier molecular flexibility index (Phi) is 5.39. The van der Waals surface area contributed by atoms with Gasteiger partial charge in [0.2, 0.25) is 0 Å². The molecule has 1 unspecified atom stereocenters. The minimum atomic E-state index is -0.0734. The third kappa shape index (κ3) is 3.70. The Hall–Kier alpha value is -2.08. The highest BCUT2D eigenvalue weighted by molar-refractivity contribution is 5.94. The third-order valence-electron chi connectivity index (χ3n) is 5.68. The summed E-state index contributed by atoms with van der Waals surface area (Å²) in [6.45, 7) is 2.66. The largest absolute Gasteiger partial charge is 0.468 e. The standard InChI is InChI=1S/C20H28N4O2/c25-20(19-15-8-3-4-9-16(15)22-23-19)21-14-17(18-10-7-13-26-18)24-11-5-1-2-6-12-24/h7,10,13,17H,1-6,8-9,11-12,14H2,(H,21,25)(H,22,23). The number of carbonyl (C=O) groups is 1. The van der Waals surface area contributed by atoms with Crippen molar-refractivity contribution in [3.8, 4) is 0 Å². The Morgan fingerprint density at radius 2 is 2.00 bits per heavy atom. The van der Waals surface area contributed by atoms with Crippen LogP contribution in [0.4, 0.5) is 0 Å². The number of aromatic amines is 1. The number of furan rings is 1. The summed E-state index contributed by atoms with van der Waals surface area (Å²) in [7, 11) is 0. The first kappa shape index (κ1) is 17.3. The van der Waals surface area contributed by atoms with Gasteiger partial charge in [-0.15, -0.1) is 0 Å². The number of rotatable bonds is 5. The van der Waals surface area contributed by atoms with E-state index in [-0.39, 0.29) is 11.9 Å². The fraction of sp³-hybridized carbons (Fsp3) is 0.600. The average Bonchev–Trinajstić information content (AvgIpc) is 3.27. The first-order valence-corrected chi connectivity index (χ1v) is 9.94. The molecule has 1 atom stereocenters. The Morgan fingerprint density at radius 1 is 1.19 bits per heavy atom. The zero-order valence-electron chi connectivity index (χ0n) is 15.3. The molecule has 4 rings (SSSR count). The van der Waals surface area contributed by atoms with E-state index in [9.17, 15) is 4.79 Å². The molecule has 0 bridgehead atoms. The lowest BCUT2D eigenvalue weighted by Crippen LogP contribution is -2.38. The summed E-state index contributed by atoms with van der Waals surface area (Å²) in [4.78, 5) is 15.2. The van der Waals surface area contributed by atoms with Crippen LogP contribution in [0.25, 0.3) is 0 Å². The summed E-state index contributed by atoms with van der Waals surface area (Å²) in [5.74, 6) is 0.854. The predicted molar refractivity (Wildman–Crippen MR) is 99.1 cm³/mol. The van der Waals surface area contributed by atoms with Gasteiger partial charge in [0.25, 0.3) is 5.91 Å². The summed E-state index contributed by atoms with van der Waals surface area (Å²) in [6, 6.07) is 4.02. The number of nitrogens with one attached hydrogen (secondary N) is 2. The topological polar surface area (TPSA) is 74.2 Å². The average molecular weight is 356 g/mol. The van der Waals surface area contributed by atoms with Gasteiger partial charge < -0.3 is 9.73 Å². The molecule has 2 aromatic rings. The second-order valence-corrected chi connectivity index (χ2v) is 7.43. The summed E-state index contributed by atoms with van der Waals surface area (Å²) >= 11 is 0. The van der Waals surface area contributed by atoms with Crippen LogP contribution in [0.1, 0.15) is 72.1 Å². The third-order valence-corrected chi connectivity index (χ3v) is 5.68. The van der Waals surface area contributed by atoms with Gasteiger partial charge in [0.1, 0.15) is 5.76 Å². The molecule has 2 aromatic heterocycles. The van der Waals surface area contributed by atoms with Gasteiger partial charge in [-0.3, -0.25) is 14.8 Å². The van der Waals surface area contributed by atoms with Crippen molar-refractivity contribution in [2.45, 2.75) is 57.4 Å². The first-order chi connectivity index (χ1) is 12.8. The maximum absolute atomic E-state index is 12.8. The predicted octanol–water partition coefficient (Wildman–Crippen LogP) is 3.23. The van der Waals surface area contributed by atoms with Gasteiger partial charge >= 0.3 is 0 Å². The van der Waals surface area contributed by atoms with Gasteiger partial charge in [-0.25, -0.2) is 0 Å². The van der Waals surface area contributed by atoms with E-state index in [2.05, 4.69) is 20.4 Å². The number of H-pyrrole nitrogens is 1. The van der Waals surface area contributed by atoms with Crippen molar-refractivity contribution in [2.75, 3.05) is 19.6 Å². The van der Waals surface area contributed by atoms with E-state index < -0.39 is 0 Å². The molecule has 1 amide bonds. The smallest absolute Gasteiger partial charge is 0.272 e. The number of hydrogen-bond donors (Lipinski definition) is 2. The number of fused-ring (bicyclic) bond motifs is 1. The molecule has 6 nitrogen and oxygen atoms in total. The lowest BCUT2D eigenvalue weighted by atomic mass is 9.96. The van der Waals surface area contributed by atoms with Gasteiger partial charge in [0.05, 0.1) is 12.3 Å². The first-order valence-electron chi connectivity index (χ1n) is 9.94. The number of likely N-dealkylation sites (tertiary alicyclic amines) is 1. The Labute approximate surface area is 154 Å². The van der Waals surface area contributed by atoms with Gasteiger partial charge in [0.15, 0.2) is 5.69 Å². The molecule has 140 valence electrons. The van der Waals surface area contributed by atoms with E-state index >= 15 is 0 Å². The number of aryl methyl sites for hydroxylation is 1. The number of amides is 1. The van der Waals surface area contributed by atoms with Crippen LogP contribution < -0.4 is 5.32 Å². The minimum Gasteiger partial charge on any atom is -0.468 e. The monoisotopic (exact) mass is 356 g/mol. The summed E-state index contributed by atoms with van der Waals surface area (Å²) in [5, 5.41) is 10.5. The van der Waals surface area contributed by atoms with Crippen molar-refractivity contribution >= 4 is 5.91 Å². The van der Waals surface area contributed by atoms with Crippen molar-refractivity contribution < 1.29 is 9.21 Å². The lowest BCUT2D eigenvalue weighted by molar-refractivity contribution is 0.0921. The van der Waals surface area contributed by atoms with Crippen LogP contribution in [-0.2, 0) is 12.8 Å². The summed E-state index contributed by atoms with van der Waals surface area (Å²) < 4.78 is 5.69. The van der Waals surface area contributed by atoms with E-state index in [1.165, 1.54) is 32.1 Å². The summed E-state index contributed by atoms with van der Waals surface area (Å²) in [5.41, 5.74) is 2.82. The number of aromatic nitrogens is 2. The zero-order valence-corrected chi connectivity index (χ0v) is 15.3. The molecular formula is C20H28N4O2. The van der Waals surface area contributed by atoms with Crippen LogP contribution in [-0.4, -0.2) is 40.6 Å². The summed E-state index contributed by atoms with van der Waals surface area (Å²) in [6.07, 6.45) is 10.9. The van der Waals surface area contributed by atoms with Crippen molar-refractivity contribution in [1.82, 2.24) is 20.4 Å². The van der Waals surface area contributed by atoms with Crippen LogP contribution in [0.5, 0.6) is 0 Å². The van der Waals surface area contributed by atoms with Crippen molar-refractivity contribution in [3.05, 3.63) is 41.1 Å². The minimum absolute atomic E-state index is 0.0734. The van der Waals surface area contributed by atoms with Gasteiger partial charge in [-0.2, -0.15) is 5.10 Å². The molecule has 0 aromatic carbocycles. The van der Waals surface area contributed by atoms with Crippen LogP contribution in [0.15, 0.2) is 22.8 Å². The number of hydrogen-bond acceptors (Lipinski definition) is 4. The van der Waals surface area contributed by atoms with Crippen LogP contribution in [0.3, 0.4) is 0 Å². The molecule has 2 N–H and O–H groups in total. The number of nitrogens with zero attached hydrogens (tertiary/aromatic N) is 2. The highest BCUT2D eigenvalue weighted by atomic mass is 16.3. The van der Waals surface area contributed by atoms with Gasteiger partial charge in [0, 0.05) is 17.8 Å². The Bertz CT molecular complexity index is 714. The maximum atomic E-state index is 12.8. The highest BCUT2D eigenvalue weighted by Gasteiger charge is 2.26.